The Bertz CT molecular complexity index is 397. The molecule has 0 unspecified atom stereocenters. The van der Waals surface area contributed by atoms with Gasteiger partial charge >= 0.3 is 5.82 Å². The minimum atomic E-state index is -0.613. The summed E-state index contributed by atoms with van der Waals surface area (Å²) < 4.78 is 1.32. The Hall–Kier alpha value is -1.92. The molecular weight excluding hydrogens is 176 g/mol. The number of amides is 1. The zero-order chi connectivity index (χ0) is 9.59. The summed E-state index contributed by atoms with van der Waals surface area (Å²) in [5.41, 5.74) is 0.272. The Morgan fingerprint density at radius 3 is 2.92 bits per heavy atom. The number of carbonyl (C=O) groups is 1. The molecule has 1 amide bonds. The lowest BCUT2D eigenvalue weighted by Crippen LogP contribution is -2.18. The van der Waals surface area contributed by atoms with E-state index in [0.717, 1.165) is 0 Å². The fourth-order valence-electron chi connectivity index (χ4n) is 1.23. The predicted octanol–water partition coefficient (Wildman–Crippen LogP) is -0.166. The molecule has 7 nitrogen and oxygen atoms in total. The Balaban J connectivity index is 2.46. The van der Waals surface area contributed by atoms with Gasteiger partial charge in [-0.3, -0.25) is 4.79 Å². The van der Waals surface area contributed by atoms with Crippen molar-refractivity contribution in [3.05, 3.63) is 21.9 Å². The number of nitro groups is 1. The third kappa shape index (κ3) is 0.968. The molecule has 1 aromatic heterocycles. The third-order valence-electron chi connectivity index (χ3n) is 1.87. The molecule has 0 spiro atoms. The summed E-state index contributed by atoms with van der Waals surface area (Å²) in [5, 5.41) is 13.9. The van der Waals surface area contributed by atoms with E-state index >= 15 is 0 Å². The van der Waals surface area contributed by atoms with Gasteiger partial charge in [0.2, 0.25) is 0 Å². The molecule has 0 aromatic carbocycles. The standard InChI is InChI=1S/C6H6N4O3/c1-8-3-9-4(6(8)11)2-5(7-9)10(12)13/h2H,3H2,1H3. The van der Waals surface area contributed by atoms with E-state index in [9.17, 15) is 14.9 Å². The van der Waals surface area contributed by atoms with Crippen LogP contribution in [-0.2, 0) is 6.67 Å². The minimum Gasteiger partial charge on any atom is -0.358 e. The number of hydrogen-bond acceptors (Lipinski definition) is 4. The van der Waals surface area contributed by atoms with Gasteiger partial charge < -0.3 is 15.0 Å². The van der Waals surface area contributed by atoms with Gasteiger partial charge in [0, 0.05) is 7.05 Å². The van der Waals surface area contributed by atoms with Gasteiger partial charge in [-0.1, -0.05) is 0 Å². The van der Waals surface area contributed by atoms with Crippen LogP contribution in [0.1, 0.15) is 10.5 Å². The van der Waals surface area contributed by atoms with Crippen molar-refractivity contribution in [2.24, 2.45) is 0 Å². The Morgan fingerprint density at radius 2 is 2.38 bits per heavy atom. The fourth-order valence-corrected chi connectivity index (χ4v) is 1.23. The molecule has 1 aromatic rings. The van der Waals surface area contributed by atoms with Crippen molar-refractivity contribution in [3.63, 3.8) is 0 Å². The lowest BCUT2D eigenvalue weighted by atomic mass is 10.4. The molecular formula is C6H6N4O3. The minimum absolute atomic E-state index is 0.236. The highest BCUT2D eigenvalue weighted by Gasteiger charge is 2.31. The van der Waals surface area contributed by atoms with Crippen LogP contribution < -0.4 is 0 Å². The first-order valence-electron chi connectivity index (χ1n) is 3.57. The number of aromatic nitrogens is 2. The maximum absolute atomic E-state index is 11.3. The van der Waals surface area contributed by atoms with Crippen molar-refractivity contribution < 1.29 is 9.72 Å². The molecule has 0 atom stereocenters. The molecule has 1 aliphatic rings. The summed E-state index contributed by atoms with van der Waals surface area (Å²) in [6.45, 7) is 0.280. The van der Waals surface area contributed by atoms with Crippen LogP contribution in [0.25, 0.3) is 0 Å². The topological polar surface area (TPSA) is 81.3 Å². The lowest BCUT2D eigenvalue weighted by Gasteiger charge is -2.02. The van der Waals surface area contributed by atoms with Gasteiger partial charge in [-0.15, -0.1) is 4.68 Å². The summed E-state index contributed by atoms with van der Waals surface area (Å²) >= 11 is 0. The van der Waals surface area contributed by atoms with Crippen LogP contribution in [0.4, 0.5) is 5.82 Å². The van der Waals surface area contributed by atoms with E-state index in [-0.39, 0.29) is 24.1 Å². The van der Waals surface area contributed by atoms with Crippen LogP contribution in [0.15, 0.2) is 6.07 Å². The van der Waals surface area contributed by atoms with Crippen LogP contribution in [0, 0.1) is 10.1 Å². The molecule has 0 aliphatic carbocycles. The lowest BCUT2D eigenvalue weighted by molar-refractivity contribution is -0.389. The number of rotatable bonds is 1. The molecule has 68 valence electrons. The van der Waals surface area contributed by atoms with Crippen molar-refractivity contribution >= 4 is 11.7 Å². The second-order valence-corrected chi connectivity index (χ2v) is 2.79. The summed E-state index contributed by atoms with van der Waals surface area (Å²) in [5.74, 6) is -0.517. The molecule has 0 saturated heterocycles. The molecule has 0 radical (unpaired) electrons. The maximum Gasteiger partial charge on any atom is 0.390 e. The summed E-state index contributed by atoms with van der Waals surface area (Å²) in [6.07, 6.45) is 0. The summed E-state index contributed by atoms with van der Waals surface area (Å²) in [6, 6.07) is 1.19. The number of fused-ring (bicyclic) bond motifs is 1. The predicted molar refractivity (Wildman–Crippen MR) is 41.0 cm³/mol. The fraction of sp³-hybridized carbons (Fsp3) is 0.333. The second-order valence-electron chi connectivity index (χ2n) is 2.79. The molecule has 1 aliphatic heterocycles. The molecule has 2 rings (SSSR count). The van der Waals surface area contributed by atoms with Crippen LogP contribution >= 0.6 is 0 Å². The highest BCUT2D eigenvalue weighted by Crippen LogP contribution is 2.18. The first kappa shape index (κ1) is 7.71. The van der Waals surface area contributed by atoms with Gasteiger partial charge in [0.25, 0.3) is 5.91 Å². The molecule has 0 bridgehead atoms. The SMILES string of the molecule is CN1Cn2nc([N+](=O)[O-])cc2C1=O. The summed E-state index contributed by atoms with van der Waals surface area (Å²) in [7, 11) is 1.61. The van der Waals surface area contributed by atoms with Crippen molar-refractivity contribution in [1.82, 2.24) is 14.7 Å². The van der Waals surface area contributed by atoms with Crippen LogP contribution in [0.3, 0.4) is 0 Å². The van der Waals surface area contributed by atoms with E-state index < -0.39 is 4.92 Å². The first-order chi connectivity index (χ1) is 6.09. The Labute approximate surface area is 72.7 Å². The van der Waals surface area contributed by atoms with Gasteiger partial charge in [0.15, 0.2) is 5.69 Å². The Morgan fingerprint density at radius 1 is 1.69 bits per heavy atom. The van der Waals surface area contributed by atoms with Gasteiger partial charge in [0.1, 0.15) is 6.67 Å². The smallest absolute Gasteiger partial charge is 0.358 e. The molecule has 2 heterocycles. The average Bonchev–Trinajstić information content (AvgIpc) is 2.55. The van der Waals surface area contributed by atoms with Crippen molar-refractivity contribution in [3.8, 4) is 0 Å². The molecule has 0 N–H and O–H groups in total. The van der Waals surface area contributed by atoms with E-state index in [1.807, 2.05) is 0 Å². The summed E-state index contributed by atoms with van der Waals surface area (Å²) in [4.78, 5) is 22.4. The van der Waals surface area contributed by atoms with E-state index in [1.54, 1.807) is 7.05 Å². The zero-order valence-electron chi connectivity index (χ0n) is 6.80. The van der Waals surface area contributed by atoms with Gasteiger partial charge in [0.05, 0.1) is 11.2 Å². The zero-order valence-corrected chi connectivity index (χ0v) is 6.80. The van der Waals surface area contributed by atoms with Crippen molar-refractivity contribution in [2.75, 3.05) is 7.05 Å². The second kappa shape index (κ2) is 2.28. The van der Waals surface area contributed by atoms with Crippen LogP contribution in [0.2, 0.25) is 0 Å². The highest BCUT2D eigenvalue weighted by atomic mass is 16.6. The first-order valence-corrected chi connectivity index (χ1v) is 3.57. The molecule has 0 saturated carbocycles. The monoisotopic (exact) mass is 182 g/mol. The third-order valence-corrected chi connectivity index (χ3v) is 1.87. The number of nitrogens with zero attached hydrogens (tertiary/aromatic N) is 4. The molecule has 13 heavy (non-hydrogen) atoms. The van der Waals surface area contributed by atoms with Crippen molar-refractivity contribution in [1.29, 1.82) is 0 Å². The number of hydrogen-bond donors (Lipinski definition) is 0. The van der Waals surface area contributed by atoms with E-state index in [4.69, 9.17) is 0 Å². The van der Waals surface area contributed by atoms with E-state index in [0.29, 0.717) is 0 Å². The van der Waals surface area contributed by atoms with Gasteiger partial charge in [-0.05, 0) is 4.92 Å². The van der Waals surface area contributed by atoms with Crippen molar-refractivity contribution in [2.45, 2.75) is 6.67 Å². The maximum atomic E-state index is 11.3. The van der Waals surface area contributed by atoms with E-state index in [2.05, 4.69) is 5.10 Å². The molecule has 7 heteroatoms. The number of carbonyl (C=O) groups excluding carboxylic acids is 1. The quantitative estimate of drug-likeness (QED) is 0.446. The van der Waals surface area contributed by atoms with Crippen LogP contribution in [-0.4, -0.2) is 32.6 Å². The Kier molecular flexibility index (Phi) is 1.35. The van der Waals surface area contributed by atoms with Crippen LogP contribution in [0.5, 0.6) is 0 Å². The van der Waals surface area contributed by atoms with E-state index in [1.165, 1.54) is 15.6 Å². The molecule has 0 fully saturated rings. The van der Waals surface area contributed by atoms with Gasteiger partial charge in [-0.25, -0.2) is 0 Å². The normalized spacial score (nSPS) is 14.8. The van der Waals surface area contributed by atoms with Gasteiger partial charge in [-0.2, -0.15) is 0 Å². The average molecular weight is 182 g/mol. The largest absolute Gasteiger partial charge is 0.390 e. The highest BCUT2D eigenvalue weighted by molar-refractivity contribution is 5.94.